The highest BCUT2D eigenvalue weighted by molar-refractivity contribution is 5.71. The Bertz CT molecular complexity index is 1430. The van der Waals surface area contributed by atoms with Crippen LogP contribution in [0.2, 0.25) is 0 Å². The van der Waals surface area contributed by atoms with Crippen molar-refractivity contribution in [2.24, 2.45) is 0 Å². The van der Waals surface area contributed by atoms with Gasteiger partial charge in [-0.2, -0.15) is 0 Å². The van der Waals surface area contributed by atoms with Crippen LogP contribution in [0.5, 0.6) is 0 Å². The average Bonchev–Trinajstić information content (AvgIpc) is 3.41. The molecule has 0 radical (unpaired) electrons. The number of rotatable bonds is 58. The van der Waals surface area contributed by atoms with Crippen molar-refractivity contribution < 1.29 is 28.6 Å². The van der Waals surface area contributed by atoms with E-state index in [2.05, 4.69) is 106 Å². The SMILES string of the molecule is CC/C=C\C/C=C\C/C=C\C/C=C\C/C=C\C/C=C\CCCCCCCCCCCCCCC(=O)OCC(COC(=O)CCCCCCCCCCCCCCC)OC(=O)CCCCCCC/C=C\CCCCCC. The molecule has 75 heavy (non-hydrogen) atoms. The zero-order chi connectivity index (χ0) is 54.3. The second-order valence-corrected chi connectivity index (χ2v) is 21.3. The van der Waals surface area contributed by atoms with E-state index in [0.29, 0.717) is 19.3 Å². The highest BCUT2D eigenvalue weighted by atomic mass is 16.6. The van der Waals surface area contributed by atoms with E-state index in [1.165, 1.54) is 167 Å². The largest absolute Gasteiger partial charge is 0.462 e. The molecule has 0 saturated heterocycles. The Morgan fingerprint density at radius 3 is 0.840 bits per heavy atom. The number of carbonyl (C=O) groups is 3. The molecule has 6 nitrogen and oxygen atoms in total. The summed E-state index contributed by atoms with van der Waals surface area (Å²) in [5, 5.41) is 0. The predicted molar refractivity (Wildman–Crippen MR) is 325 cm³/mol. The van der Waals surface area contributed by atoms with Crippen LogP contribution >= 0.6 is 0 Å². The molecule has 0 aliphatic rings. The van der Waals surface area contributed by atoms with Crippen LogP contribution in [-0.2, 0) is 28.6 Å². The molecule has 0 aromatic heterocycles. The maximum absolute atomic E-state index is 12.9. The van der Waals surface area contributed by atoms with Crippen molar-refractivity contribution in [3.63, 3.8) is 0 Å². The van der Waals surface area contributed by atoms with Crippen LogP contribution in [0.15, 0.2) is 85.1 Å². The molecule has 0 N–H and O–H groups in total. The second-order valence-electron chi connectivity index (χ2n) is 21.3. The molecule has 0 bridgehead atoms. The van der Waals surface area contributed by atoms with Gasteiger partial charge in [-0.3, -0.25) is 14.4 Å². The molecule has 0 aliphatic carbocycles. The summed E-state index contributed by atoms with van der Waals surface area (Å²) in [6, 6.07) is 0. The van der Waals surface area contributed by atoms with Gasteiger partial charge in [0.05, 0.1) is 0 Å². The zero-order valence-corrected chi connectivity index (χ0v) is 49.6. The molecule has 0 heterocycles. The van der Waals surface area contributed by atoms with Crippen molar-refractivity contribution in [3.8, 4) is 0 Å². The molecule has 0 rings (SSSR count). The van der Waals surface area contributed by atoms with Gasteiger partial charge in [0.2, 0.25) is 0 Å². The van der Waals surface area contributed by atoms with Crippen molar-refractivity contribution in [1.82, 2.24) is 0 Å². The van der Waals surface area contributed by atoms with Gasteiger partial charge < -0.3 is 14.2 Å². The Kier molecular flexibility index (Phi) is 60.3. The van der Waals surface area contributed by atoms with E-state index in [0.717, 1.165) is 109 Å². The number of ether oxygens (including phenoxy) is 3. The first-order valence-electron chi connectivity index (χ1n) is 32.1. The number of carbonyl (C=O) groups excluding carboxylic acids is 3. The Morgan fingerprint density at radius 1 is 0.280 bits per heavy atom. The maximum atomic E-state index is 12.9. The molecule has 0 aliphatic heterocycles. The van der Waals surface area contributed by atoms with Crippen LogP contribution < -0.4 is 0 Å². The standard InChI is InChI=1S/C69H120O6/c1-4-7-10-13-16-19-22-25-26-27-28-29-30-31-32-33-34-35-36-37-38-39-40-41-42-45-47-50-53-56-59-62-68(71)74-65-66(75-69(72)63-60-57-54-51-48-44-24-21-18-15-12-9-6-3)64-73-67(70)61-58-55-52-49-46-43-23-20-17-14-11-8-5-2/h7,10,16,19,21,24-26,28-29,31-32,34-35,66H,4-6,8-9,11-15,17-18,20,22-23,27,30,33,36-65H2,1-3H3/b10-7-,19-16-,24-21-,26-25-,29-28-,32-31-,35-34-. The number of hydrogen-bond acceptors (Lipinski definition) is 6. The lowest BCUT2D eigenvalue weighted by molar-refractivity contribution is -0.167. The fourth-order valence-electron chi connectivity index (χ4n) is 9.09. The molecule has 0 aromatic rings. The van der Waals surface area contributed by atoms with Crippen LogP contribution in [-0.4, -0.2) is 37.2 Å². The van der Waals surface area contributed by atoms with Gasteiger partial charge in [-0.05, 0) is 96.3 Å². The number of hydrogen-bond donors (Lipinski definition) is 0. The predicted octanol–water partition coefficient (Wildman–Crippen LogP) is 21.9. The quantitative estimate of drug-likeness (QED) is 0.0261. The monoisotopic (exact) mass is 1040 g/mol. The highest BCUT2D eigenvalue weighted by Gasteiger charge is 2.19. The molecule has 0 spiro atoms. The van der Waals surface area contributed by atoms with E-state index in [1.54, 1.807) is 0 Å². The van der Waals surface area contributed by atoms with Gasteiger partial charge in [-0.15, -0.1) is 0 Å². The van der Waals surface area contributed by atoms with Gasteiger partial charge in [0.15, 0.2) is 6.10 Å². The lowest BCUT2D eigenvalue weighted by Gasteiger charge is -2.18. The van der Waals surface area contributed by atoms with E-state index in [-0.39, 0.29) is 31.1 Å². The van der Waals surface area contributed by atoms with Crippen LogP contribution in [0.25, 0.3) is 0 Å². The van der Waals surface area contributed by atoms with Crippen molar-refractivity contribution in [1.29, 1.82) is 0 Å². The van der Waals surface area contributed by atoms with Crippen molar-refractivity contribution in [3.05, 3.63) is 85.1 Å². The molecule has 0 amide bonds. The summed E-state index contributed by atoms with van der Waals surface area (Å²) in [5.74, 6) is -0.875. The van der Waals surface area contributed by atoms with E-state index in [1.807, 2.05) is 0 Å². The molecule has 1 atom stereocenters. The zero-order valence-electron chi connectivity index (χ0n) is 49.6. The summed E-state index contributed by atoms with van der Waals surface area (Å²) in [6.45, 7) is 6.53. The lowest BCUT2D eigenvalue weighted by Crippen LogP contribution is -2.30. The second kappa shape index (κ2) is 63.1. The normalized spacial score (nSPS) is 12.6. The smallest absolute Gasteiger partial charge is 0.306 e. The Balaban J connectivity index is 4.19. The third-order valence-corrected chi connectivity index (χ3v) is 13.9. The fourth-order valence-corrected chi connectivity index (χ4v) is 9.09. The summed E-state index contributed by atoms with van der Waals surface area (Å²) in [7, 11) is 0. The van der Waals surface area contributed by atoms with Crippen molar-refractivity contribution in [2.45, 2.75) is 322 Å². The van der Waals surface area contributed by atoms with Crippen LogP contribution in [0.3, 0.4) is 0 Å². The first-order chi connectivity index (χ1) is 37.0. The minimum atomic E-state index is -0.779. The topological polar surface area (TPSA) is 78.9 Å². The maximum Gasteiger partial charge on any atom is 0.306 e. The van der Waals surface area contributed by atoms with Gasteiger partial charge in [0.1, 0.15) is 13.2 Å². The summed E-state index contributed by atoms with van der Waals surface area (Å²) in [6.07, 6.45) is 83.1. The molecule has 0 fully saturated rings. The van der Waals surface area contributed by atoms with Crippen LogP contribution in [0.1, 0.15) is 316 Å². The summed E-state index contributed by atoms with van der Waals surface area (Å²) >= 11 is 0. The molecule has 6 heteroatoms. The minimum absolute atomic E-state index is 0.0759. The van der Waals surface area contributed by atoms with Gasteiger partial charge in [-0.1, -0.05) is 286 Å². The molecular formula is C69H120O6. The van der Waals surface area contributed by atoms with Crippen molar-refractivity contribution >= 4 is 17.9 Å². The molecule has 432 valence electrons. The van der Waals surface area contributed by atoms with Gasteiger partial charge in [-0.25, -0.2) is 0 Å². The Morgan fingerprint density at radius 2 is 0.520 bits per heavy atom. The summed E-state index contributed by atoms with van der Waals surface area (Å²) in [5.41, 5.74) is 0. The molecule has 0 saturated carbocycles. The van der Waals surface area contributed by atoms with Crippen molar-refractivity contribution in [2.75, 3.05) is 13.2 Å². The molecular weight excluding hydrogens is 925 g/mol. The number of unbranched alkanes of at least 4 members (excludes halogenated alkanes) is 33. The third kappa shape index (κ3) is 61.3. The molecule has 0 aromatic carbocycles. The van der Waals surface area contributed by atoms with Gasteiger partial charge >= 0.3 is 17.9 Å². The fraction of sp³-hybridized carbons (Fsp3) is 0.754. The Hall–Kier alpha value is -3.41. The highest BCUT2D eigenvalue weighted by Crippen LogP contribution is 2.16. The first-order valence-corrected chi connectivity index (χ1v) is 32.1. The van der Waals surface area contributed by atoms with Gasteiger partial charge in [0, 0.05) is 19.3 Å². The third-order valence-electron chi connectivity index (χ3n) is 13.9. The Labute approximate surface area is 465 Å². The summed E-state index contributed by atoms with van der Waals surface area (Å²) in [4.78, 5) is 38.2. The average molecular weight is 1050 g/mol. The number of esters is 3. The van der Waals surface area contributed by atoms with E-state index in [9.17, 15) is 14.4 Å². The minimum Gasteiger partial charge on any atom is -0.462 e. The molecule has 1 unspecified atom stereocenters. The van der Waals surface area contributed by atoms with Gasteiger partial charge in [0.25, 0.3) is 0 Å². The number of allylic oxidation sites excluding steroid dienone is 14. The van der Waals surface area contributed by atoms with E-state index < -0.39 is 6.10 Å². The lowest BCUT2D eigenvalue weighted by atomic mass is 10.0. The summed E-state index contributed by atoms with van der Waals surface area (Å²) < 4.78 is 16.9. The van der Waals surface area contributed by atoms with E-state index in [4.69, 9.17) is 14.2 Å². The van der Waals surface area contributed by atoms with Crippen LogP contribution in [0.4, 0.5) is 0 Å². The van der Waals surface area contributed by atoms with Crippen LogP contribution in [0, 0.1) is 0 Å². The van der Waals surface area contributed by atoms with E-state index >= 15 is 0 Å². The first kappa shape index (κ1) is 71.6.